The van der Waals surface area contributed by atoms with Gasteiger partial charge in [0.1, 0.15) is 0 Å². The van der Waals surface area contributed by atoms with Gasteiger partial charge in [-0.3, -0.25) is 5.10 Å². The molecule has 0 bridgehead atoms. The molecule has 0 fully saturated rings. The van der Waals surface area contributed by atoms with Gasteiger partial charge in [-0.2, -0.15) is 5.10 Å². The fourth-order valence-electron chi connectivity index (χ4n) is 1.37. The maximum atomic E-state index is 6.01. The van der Waals surface area contributed by atoms with Crippen LogP contribution >= 0.6 is 11.6 Å². The molecule has 0 aliphatic carbocycles. The number of H-pyrrole nitrogens is 1. The van der Waals surface area contributed by atoms with Crippen LogP contribution in [0.25, 0.3) is 11.3 Å². The molecule has 0 radical (unpaired) electrons. The Kier molecular flexibility index (Phi) is 2.55. The fourth-order valence-corrected chi connectivity index (χ4v) is 1.51. The maximum absolute atomic E-state index is 6.01. The molecule has 1 heterocycles. The van der Waals surface area contributed by atoms with Gasteiger partial charge in [0.05, 0.1) is 11.1 Å². The highest BCUT2D eigenvalue weighted by molar-refractivity contribution is 6.20. The van der Waals surface area contributed by atoms with Crippen LogP contribution < -0.4 is 0 Å². The Morgan fingerprint density at radius 1 is 1.36 bits per heavy atom. The number of alkyl halides is 1. The Labute approximate surface area is 87.9 Å². The molecule has 72 valence electrons. The van der Waals surface area contributed by atoms with Crippen molar-refractivity contribution in [3.05, 3.63) is 42.1 Å². The Morgan fingerprint density at radius 2 is 2.21 bits per heavy atom. The van der Waals surface area contributed by atoms with Crippen molar-refractivity contribution in [1.29, 1.82) is 0 Å². The number of benzene rings is 1. The van der Waals surface area contributed by atoms with Crippen LogP contribution in [0.5, 0.6) is 0 Å². The molecule has 3 heteroatoms. The summed E-state index contributed by atoms with van der Waals surface area (Å²) in [5.74, 6) is 0. The molecule has 0 saturated carbocycles. The van der Waals surface area contributed by atoms with Crippen molar-refractivity contribution in [2.75, 3.05) is 0 Å². The highest BCUT2D eigenvalue weighted by Crippen LogP contribution is 2.24. The molecule has 2 rings (SSSR count). The first-order chi connectivity index (χ1) is 6.77. The van der Waals surface area contributed by atoms with Gasteiger partial charge in [-0.05, 0) is 30.2 Å². The smallest absolute Gasteiger partial charge is 0.0650 e. The third-order valence-electron chi connectivity index (χ3n) is 2.16. The Bertz CT molecular complexity index is 407. The molecule has 14 heavy (non-hydrogen) atoms. The van der Waals surface area contributed by atoms with Crippen LogP contribution in [-0.4, -0.2) is 10.2 Å². The predicted molar refractivity (Wildman–Crippen MR) is 58.3 cm³/mol. The minimum atomic E-state index is 0.0397. The first-order valence-electron chi connectivity index (χ1n) is 4.51. The van der Waals surface area contributed by atoms with Crippen LogP contribution in [0.2, 0.25) is 0 Å². The van der Waals surface area contributed by atoms with Gasteiger partial charge in [-0.25, -0.2) is 0 Å². The van der Waals surface area contributed by atoms with Crippen LogP contribution in [0.3, 0.4) is 0 Å². The van der Waals surface area contributed by atoms with Crippen LogP contribution in [0.1, 0.15) is 17.9 Å². The van der Waals surface area contributed by atoms with Crippen molar-refractivity contribution in [2.24, 2.45) is 0 Å². The first-order valence-corrected chi connectivity index (χ1v) is 4.95. The van der Waals surface area contributed by atoms with Gasteiger partial charge in [0.15, 0.2) is 0 Å². The van der Waals surface area contributed by atoms with E-state index in [0.29, 0.717) is 0 Å². The van der Waals surface area contributed by atoms with Crippen molar-refractivity contribution in [3.8, 4) is 11.3 Å². The zero-order valence-electron chi connectivity index (χ0n) is 7.87. The molecule has 2 aromatic rings. The summed E-state index contributed by atoms with van der Waals surface area (Å²) in [5.41, 5.74) is 3.26. The molecule has 1 N–H and O–H groups in total. The van der Waals surface area contributed by atoms with E-state index in [0.717, 1.165) is 16.8 Å². The van der Waals surface area contributed by atoms with Crippen LogP contribution in [0.4, 0.5) is 0 Å². The molecule has 1 aromatic heterocycles. The number of hydrogen-bond donors (Lipinski definition) is 1. The van der Waals surface area contributed by atoms with Gasteiger partial charge >= 0.3 is 0 Å². The van der Waals surface area contributed by atoms with E-state index in [9.17, 15) is 0 Å². The van der Waals surface area contributed by atoms with Gasteiger partial charge in [0, 0.05) is 6.20 Å². The minimum absolute atomic E-state index is 0.0397. The third-order valence-corrected chi connectivity index (χ3v) is 2.41. The summed E-state index contributed by atoms with van der Waals surface area (Å²) in [7, 11) is 0. The molecule has 0 aliphatic rings. The monoisotopic (exact) mass is 206 g/mol. The molecule has 0 aliphatic heterocycles. The lowest BCUT2D eigenvalue weighted by molar-refractivity contribution is 1.08. The molecular weight excluding hydrogens is 196 g/mol. The topological polar surface area (TPSA) is 28.7 Å². The average molecular weight is 207 g/mol. The van der Waals surface area contributed by atoms with Crippen molar-refractivity contribution in [1.82, 2.24) is 10.2 Å². The van der Waals surface area contributed by atoms with E-state index in [1.807, 2.05) is 31.2 Å². The van der Waals surface area contributed by atoms with E-state index in [1.54, 1.807) is 6.20 Å². The standard InChI is InChI=1S/C11H11ClN2/c1-8(12)9-3-2-4-10(7-9)11-5-6-13-14-11/h2-8H,1H3,(H,13,14). The number of hydrogen-bond acceptors (Lipinski definition) is 1. The van der Waals surface area contributed by atoms with Crippen LogP contribution in [-0.2, 0) is 0 Å². The lowest BCUT2D eigenvalue weighted by atomic mass is 10.1. The van der Waals surface area contributed by atoms with E-state index in [-0.39, 0.29) is 5.38 Å². The Hall–Kier alpha value is -1.28. The summed E-state index contributed by atoms with van der Waals surface area (Å²) in [4.78, 5) is 0. The fraction of sp³-hybridized carbons (Fsp3) is 0.182. The van der Waals surface area contributed by atoms with Gasteiger partial charge < -0.3 is 0 Å². The molecule has 0 spiro atoms. The number of aromatic amines is 1. The summed E-state index contributed by atoms with van der Waals surface area (Å²) in [5, 5.41) is 6.88. The molecule has 1 aromatic carbocycles. The van der Waals surface area contributed by atoms with E-state index in [1.165, 1.54) is 0 Å². The number of nitrogens with zero attached hydrogens (tertiary/aromatic N) is 1. The van der Waals surface area contributed by atoms with Crippen molar-refractivity contribution in [2.45, 2.75) is 12.3 Å². The van der Waals surface area contributed by atoms with Crippen LogP contribution in [0.15, 0.2) is 36.5 Å². The molecule has 0 saturated heterocycles. The minimum Gasteiger partial charge on any atom is -0.278 e. The maximum Gasteiger partial charge on any atom is 0.0650 e. The lowest BCUT2D eigenvalue weighted by Crippen LogP contribution is -1.85. The average Bonchev–Trinajstić information content (AvgIpc) is 2.71. The largest absolute Gasteiger partial charge is 0.278 e. The zero-order valence-corrected chi connectivity index (χ0v) is 8.62. The van der Waals surface area contributed by atoms with Gasteiger partial charge in [-0.15, -0.1) is 11.6 Å². The summed E-state index contributed by atoms with van der Waals surface area (Å²) < 4.78 is 0. The summed E-state index contributed by atoms with van der Waals surface area (Å²) in [6, 6.07) is 10.1. The zero-order chi connectivity index (χ0) is 9.97. The molecule has 1 unspecified atom stereocenters. The molecule has 1 atom stereocenters. The number of halogens is 1. The SMILES string of the molecule is CC(Cl)c1cccc(-c2ccn[nH]2)c1. The van der Waals surface area contributed by atoms with Crippen molar-refractivity contribution >= 4 is 11.6 Å². The third kappa shape index (κ3) is 1.80. The second-order valence-electron chi connectivity index (χ2n) is 3.21. The van der Waals surface area contributed by atoms with Gasteiger partial charge in [0.25, 0.3) is 0 Å². The highest BCUT2D eigenvalue weighted by atomic mass is 35.5. The molecule has 0 amide bonds. The van der Waals surface area contributed by atoms with Gasteiger partial charge in [-0.1, -0.05) is 18.2 Å². The predicted octanol–water partition coefficient (Wildman–Crippen LogP) is 3.38. The normalized spacial score (nSPS) is 12.7. The van der Waals surface area contributed by atoms with Gasteiger partial charge in [0.2, 0.25) is 0 Å². The van der Waals surface area contributed by atoms with Crippen LogP contribution in [0, 0.1) is 0 Å². The highest BCUT2D eigenvalue weighted by Gasteiger charge is 2.03. The number of rotatable bonds is 2. The number of aromatic nitrogens is 2. The summed E-state index contributed by atoms with van der Waals surface area (Å²) >= 11 is 6.01. The van der Waals surface area contributed by atoms with E-state index >= 15 is 0 Å². The molecule has 2 nitrogen and oxygen atoms in total. The van der Waals surface area contributed by atoms with E-state index in [4.69, 9.17) is 11.6 Å². The Balaban J connectivity index is 2.41. The van der Waals surface area contributed by atoms with E-state index in [2.05, 4.69) is 16.3 Å². The molecular formula is C11H11ClN2. The second-order valence-corrected chi connectivity index (χ2v) is 3.87. The van der Waals surface area contributed by atoms with E-state index < -0.39 is 0 Å². The first kappa shape index (κ1) is 9.28. The Morgan fingerprint density at radius 3 is 2.86 bits per heavy atom. The second kappa shape index (κ2) is 3.84. The quantitative estimate of drug-likeness (QED) is 0.750. The number of nitrogens with one attached hydrogen (secondary N) is 1. The van der Waals surface area contributed by atoms with Crippen molar-refractivity contribution in [3.63, 3.8) is 0 Å². The summed E-state index contributed by atoms with van der Waals surface area (Å²) in [6.07, 6.45) is 1.74. The van der Waals surface area contributed by atoms with Crippen molar-refractivity contribution < 1.29 is 0 Å². The summed E-state index contributed by atoms with van der Waals surface area (Å²) in [6.45, 7) is 1.97. The lowest BCUT2D eigenvalue weighted by Gasteiger charge is -2.04.